The molecule has 0 amide bonds. The predicted octanol–water partition coefficient (Wildman–Crippen LogP) is 3.30. The number of halogens is 1. The number of benzene rings is 1. The van der Waals surface area contributed by atoms with Crippen molar-refractivity contribution in [3.05, 3.63) is 29.6 Å². The van der Waals surface area contributed by atoms with Crippen LogP contribution >= 0.6 is 0 Å². The SMILES string of the molecule is CCC1CCCN(c2ccc(F)cc2CN)CC1. The van der Waals surface area contributed by atoms with Crippen LogP contribution in [0.25, 0.3) is 0 Å². The second-order valence-corrected chi connectivity index (χ2v) is 5.17. The van der Waals surface area contributed by atoms with E-state index in [1.807, 2.05) is 6.07 Å². The molecule has 1 saturated heterocycles. The van der Waals surface area contributed by atoms with Gasteiger partial charge < -0.3 is 10.6 Å². The van der Waals surface area contributed by atoms with Crippen LogP contribution in [0.3, 0.4) is 0 Å². The Balaban J connectivity index is 2.15. The van der Waals surface area contributed by atoms with Crippen LogP contribution in [0.5, 0.6) is 0 Å². The summed E-state index contributed by atoms with van der Waals surface area (Å²) in [5.41, 5.74) is 7.77. The second kappa shape index (κ2) is 6.19. The molecule has 100 valence electrons. The normalized spacial score (nSPS) is 20.8. The van der Waals surface area contributed by atoms with Gasteiger partial charge in [-0.05, 0) is 48.9 Å². The summed E-state index contributed by atoms with van der Waals surface area (Å²) in [7, 11) is 0. The number of hydrogen-bond acceptors (Lipinski definition) is 2. The molecule has 1 aromatic rings. The maximum absolute atomic E-state index is 13.2. The van der Waals surface area contributed by atoms with E-state index in [1.165, 1.54) is 31.7 Å². The number of rotatable bonds is 3. The van der Waals surface area contributed by atoms with Gasteiger partial charge in [0.1, 0.15) is 5.82 Å². The molecule has 1 atom stereocenters. The van der Waals surface area contributed by atoms with Gasteiger partial charge in [-0.3, -0.25) is 0 Å². The molecular formula is C15H23FN2. The third-order valence-electron chi connectivity index (χ3n) is 4.03. The molecule has 18 heavy (non-hydrogen) atoms. The minimum atomic E-state index is -0.194. The molecule has 1 aliphatic rings. The highest BCUT2D eigenvalue weighted by atomic mass is 19.1. The standard InChI is InChI=1S/C15H23FN2/c1-2-12-4-3-8-18(9-7-12)15-6-5-14(16)10-13(15)11-17/h5-6,10,12H,2-4,7-9,11,17H2,1H3. The highest BCUT2D eigenvalue weighted by molar-refractivity contribution is 5.54. The Kier molecular flexibility index (Phi) is 4.59. The lowest BCUT2D eigenvalue weighted by Crippen LogP contribution is -2.26. The zero-order chi connectivity index (χ0) is 13.0. The van der Waals surface area contributed by atoms with Crippen molar-refractivity contribution >= 4 is 5.69 Å². The van der Waals surface area contributed by atoms with Gasteiger partial charge in [0, 0.05) is 25.3 Å². The van der Waals surface area contributed by atoms with Crippen LogP contribution in [0, 0.1) is 11.7 Å². The first-order chi connectivity index (χ1) is 8.74. The molecule has 0 spiro atoms. The van der Waals surface area contributed by atoms with Gasteiger partial charge in [-0.2, -0.15) is 0 Å². The Labute approximate surface area is 109 Å². The number of nitrogens with zero attached hydrogens (tertiary/aromatic N) is 1. The first-order valence-electron chi connectivity index (χ1n) is 6.98. The molecule has 0 radical (unpaired) electrons. The van der Waals surface area contributed by atoms with Gasteiger partial charge in [-0.25, -0.2) is 4.39 Å². The fourth-order valence-electron chi connectivity index (χ4n) is 2.84. The second-order valence-electron chi connectivity index (χ2n) is 5.17. The summed E-state index contributed by atoms with van der Waals surface area (Å²) in [4.78, 5) is 2.37. The minimum absolute atomic E-state index is 0.194. The zero-order valence-corrected chi connectivity index (χ0v) is 11.2. The average Bonchev–Trinajstić information content (AvgIpc) is 2.63. The Morgan fingerprint density at radius 1 is 1.33 bits per heavy atom. The fourth-order valence-corrected chi connectivity index (χ4v) is 2.84. The predicted molar refractivity (Wildman–Crippen MR) is 74.1 cm³/mol. The molecule has 2 N–H and O–H groups in total. The lowest BCUT2D eigenvalue weighted by molar-refractivity contribution is 0.459. The maximum atomic E-state index is 13.2. The van der Waals surface area contributed by atoms with E-state index in [9.17, 15) is 4.39 Å². The highest BCUT2D eigenvalue weighted by Gasteiger charge is 2.17. The number of anilines is 1. The topological polar surface area (TPSA) is 29.3 Å². The van der Waals surface area contributed by atoms with Crippen molar-refractivity contribution in [2.75, 3.05) is 18.0 Å². The summed E-state index contributed by atoms with van der Waals surface area (Å²) in [6, 6.07) is 4.98. The van der Waals surface area contributed by atoms with E-state index in [2.05, 4.69) is 11.8 Å². The van der Waals surface area contributed by atoms with E-state index in [0.717, 1.165) is 30.3 Å². The van der Waals surface area contributed by atoms with Crippen molar-refractivity contribution in [3.63, 3.8) is 0 Å². The van der Waals surface area contributed by atoms with Gasteiger partial charge in [0.25, 0.3) is 0 Å². The van der Waals surface area contributed by atoms with Gasteiger partial charge >= 0.3 is 0 Å². The van der Waals surface area contributed by atoms with E-state index >= 15 is 0 Å². The summed E-state index contributed by atoms with van der Waals surface area (Å²) >= 11 is 0. The van der Waals surface area contributed by atoms with Gasteiger partial charge in [0.2, 0.25) is 0 Å². The van der Waals surface area contributed by atoms with Crippen LogP contribution in [-0.4, -0.2) is 13.1 Å². The quantitative estimate of drug-likeness (QED) is 0.892. The summed E-state index contributed by atoms with van der Waals surface area (Å²) in [6.07, 6.45) is 5.03. The van der Waals surface area contributed by atoms with E-state index in [1.54, 1.807) is 6.07 Å². The van der Waals surface area contributed by atoms with Crippen LogP contribution in [0.2, 0.25) is 0 Å². The Hall–Kier alpha value is -1.09. The molecule has 2 nitrogen and oxygen atoms in total. The minimum Gasteiger partial charge on any atom is -0.371 e. The van der Waals surface area contributed by atoms with E-state index in [4.69, 9.17) is 5.73 Å². The number of hydrogen-bond donors (Lipinski definition) is 1. The largest absolute Gasteiger partial charge is 0.371 e. The van der Waals surface area contributed by atoms with Crippen LogP contribution in [0.1, 0.15) is 38.2 Å². The third-order valence-corrected chi connectivity index (χ3v) is 4.03. The molecule has 2 rings (SSSR count). The molecule has 0 aliphatic carbocycles. The molecule has 1 unspecified atom stereocenters. The summed E-state index contributed by atoms with van der Waals surface area (Å²) in [5.74, 6) is 0.650. The molecule has 1 aliphatic heterocycles. The smallest absolute Gasteiger partial charge is 0.123 e. The Morgan fingerprint density at radius 2 is 2.17 bits per heavy atom. The first kappa shape index (κ1) is 13.3. The summed E-state index contributed by atoms with van der Waals surface area (Å²) < 4.78 is 13.2. The van der Waals surface area contributed by atoms with Gasteiger partial charge in [-0.15, -0.1) is 0 Å². The van der Waals surface area contributed by atoms with E-state index in [-0.39, 0.29) is 5.82 Å². The van der Waals surface area contributed by atoms with Crippen molar-refractivity contribution in [3.8, 4) is 0 Å². The molecule has 3 heteroatoms. The lowest BCUT2D eigenvalue weighted by atomic mass is 9.98. The van der Waals surface area contributed by atoms with Crippen LogP contribution in [0.15, 0.2) is 18.2 Å². The van der Waals surface area contributed by atoms with Gasteiger partial charge in [-0.1, -0.05) is 13.3 Å². The molecular weight excluding hydrogens is 227 g/mol. The molecule has 0 saturated carbocycles. The molecule has 1 heterocycles. The average molecular weight is 250 g/mol. The van der Waals surface area contributed by atoms with Crippen molar-refractivity contribution in [1.82, 2.24) is 0 Å². The van der Waals surface area contributed by atoms with Crippen molar-refractivity contribution < 1.29 is 4.39 Å². The Bertz CT molecular complexity index is 392. The number of nitrogens with two attached hydrogens (primary N) is 1. The molecule has 1 fully saturated rings. The summed E-state index contributed by atoms with van der Waals surface area (Å²) in [5, 5.41) is 0. The summed E-state index contributed by atoms with van der Waals surface area (Å²) in [6.45, 7) is 4.80. The van der Waals surface area contributed by atoms with Crippen LogP contribution in [-0.2, 0) is 6.54 Å². The van der Waals surface area contributed by atoms with Crippen molar-refractivity contribution in [2.45, 2.75) is 39.2 Å². The fraction of sp³-hybridized carbons (Fsp3) is 0.600. The molecule has 0 aromatic heterocycles. The lowest BCUT2D eigenvalue weighted by Gasteiger charge is -2.25. The van der Waals surface area contributed by atoms with Crippen molar-refractivity contribution in [2.24, 2.45) is 11.7 Å². The monoisotopic (exact) mass is 250 g/mol. The third kappa shape index (κ3) is 3.02. The van der Waals surface area contributed by atoms with Crippen LogP contribution in [0.4, 0.5) is 10.1 Å². The van der Waals surface area contributed by atoms with E-state index < -0.39 is 0 Å². The van der Waals surface area contributed by atoms with Gasteiger partial charge in [0.05, 0.1) is 0 Å². The Morgan fingerprint density at radius 3 is 2.89 bits per heavy atom. The molecule has 0 bridgehead atoms. The van der Waals surface area contributed by atoms with Crippen LogP contribution < -0.4 is 10.6 Å². The van der Waals surface area contributed by atoms with Gasteiger partial charge in [0.15, 0.2) is 0 Å². The zero-order valence-electron chi connectivity index (χ0n) is 11.2. The first-order valence-corrected chi connectivity index (χ1v) is 6.98. The van der Waals surface area contributed by atoms with E-state index in [0.29, 0.717) is 6.54 Å². The maximum Gasteiger partial charge on any atom is 0.123 e. The van der Waals surface area contributed by atoms with Crippen molar-refractivity contribution in [1.29, 1.82) is 0 Å². The molecule has 1 aromatic carbocycles. The highest BCUT2D eigenvalue weighted by Crippen LogP contribution is 2.27.